The number of hydrogen-bond acceptors (Lipinski definition) is 2. The quantitative estimate of drug-likeness (QED) is 0.876. The smallest absolute Gasteiger partial charge is 0.253 e. The van der Waals surface area contributed by atoms with E-state index in [1.165, 1.54) is 58.2 Å². The standard InChI is InChI=1S/C19H29N3O/c1-21-10-8-15(11-21)19(23)20-18-16-12-22(13-17(16)18)9-4-7-14-5-2-3-6-14/h8,10-11,14,16-18H,2-7,9,12-13H2,1H3,(H,20,23)/t16-,17+,18?. The maximum atomic E-state index is 12.2. The van der Waals surface area contributed by atoms with Crippen molar-refractivity contribution in [2.45, 2.75) is 44.6 Å². The molecule has 1 unspecified atom stereocenters. The fraction of sp³-hybridized carbons (Fsp3) is 0.737. The first kappa shape index (κ1) is 15.3. The molecule has 4 heteroatoms. The van der Waals surface area contributed by atoms with Crippen LogP contribution in [0.25, 0.3) is 0 Å². The number of amides is 1. The third kappa shape index (κ3) is 3.32. The molecule has 1 aliphatic heterocycles. The van der Waals surface area contributed by atoms with Crippen LogP contribution >= 0.6 is 0 Å². The number of carbonyl (C=O) groups excluding carboxylic acids is 1. The molecule has 1 amide bonds. The number of aryl methyl sites for hydroxylation is 1. The Labute approximate surface area is 139 Å². The summed E-state index contributed by atoms with van der Waals surface area (Å²) >= 11 is 0. The van der Waals surface area contributed by atoms with Gasteiger partial charge in [-0.3, -0.25) is 4.79 Å². The van der Waals surface area contributed by atoms with E-state index >= 15 is 0 Å². The lowest BCUT2D eigenvalue weighted by Gasteiger charge is -2.20. The zero-order chi connectivity index (χ0) is 15.8. The molecule has 1 aromatic rings. The molecule has 0 aromatic carbocycles. The summed E-state index contributed by atoms with van der Waals surface area (Å²) in [6.45, 7) is 3.65. The number of hydrogen-bond donors (Lipinski definition) is 1. The van der Waals surface area contributed by atoms with Crippen LogP contribution in [0, 0.1) is 17.8 Å². The number of piperidine rings is 1. The van der Waals surface area contributed by atoms with E-state index in [0.29, 0.717) is 17.9 Å². The third-order valence-electron chi connectivity index (χ3n) is 6.22. The van der Waals surface area contributed by atoms with E-state index in [2.05, 4.69) is 10.2 Å². The number of nitrogens with zero attached hydrogens (tertiary/aromatic N) is 2. The summed E-state index contributed by atoms with van der Waals surface area (Å²) in [5, 5.41) is 3.23. The van der Waals surface area contributed by atoms with Crippen LogP contribution in [-0.2, 0) is 7.05 Å². The normalized spacial score (nSPS) is 30.6. The summed E-state index contributed by atoms with van der Waals surface area (Å²) in [6.07, 6.45) is 12.5. The Morgan fingerprint density at radius 2 is 2.00 bits per heavy atom. The predicted molar refractivity (Wildman–Crippen MR) is 91.3 cm³/mol. The van der Waals surface area contributed by atoms with Crippen LogP contribution < -0.4 is 5.32 Å². The second-order valence-corrected chi connectivity index (χ2v) is 7.94. The van der Waals surface area contributed by atoms with Crippen molar-refractivity contribution in [1.82, 2.24) is 14.8 Å². The van der Waals surface area contributed by atoms with E-state index in [9.17, 15) is 4.79 Å². The third-order valence-corrected chi connectivity index (χ3v) is 6.22. The number of likely N-dealkylation sites (tertiary alicyclic amines) is 1. The van der Waals surface area contributed by atoms with Crippen molar-refractivity contribution < 1.29 is 4.79 Å². The minimum atomic E-state index is 0.0952. The molecule has 0 bridgehead atoms. The first-order valence-electron chi connectivity index (χ1n) is 9.36. The Morgan fingerprint density at radius 1 is 1.26 bits per heavy atom. The average molecular weight is 315 g/mol. The molecule has 0 spiro atoms. The lowest BCUT2D eigenvalue weighted by Crippen LogP contribution is -2.35. The van der Waals surface area contributed by atoms with Crippen LogP contribution in [0.15, 0.2) is 18.5 Å². The molecule has 4 rings (SSSR count). The van der Waals surface area contributed by atoms with Crippen LogP contribution in [0.5, 0.6) is 0 Å². The summed E-state index contributed by atoms with van der Waals surface area (Å²) in [7, 11) is 1.95. The largest absolute Gasteiger partial charge is 0.356 e. The van der Waals surface area contributed by atoms with E-state index in [1.54, 1.807) is 0 Å². The van der Waals surface area contributed by atoms with Gasteiger partial charge in [0.2, 0.25) is 0 Å². The van der Waals surface area contributed by atoms with Gasteiger partial charge in [-0.15, -0.1) is 0 Å². The fourth-order valence-electron chi connectivity index (χ4n) is 4.79. The Bertz CT molecular complexity index is 549. The number of fused-ring (bicyclic) bond motifs is 1. The van der Waals surface area contributed by atoms with Crippen molar-refractivity contribution in [3.63, 3.8) is 0 Å². The van der Waals surface area contributed by atoms with Crippen molar-refractivity contribution in [3.05, 3.63) is 24.0 Å². The molecule has 2 saturated carbocycles. The molecule has 3 aliphatic rings. The Kier molecular flexibility index (Phi) is 4.18. The van der Waals surface area contributed by atoms with Gasteiger partial charge in [0.25, 0.3) is 5.91 Å². The number of rotatable bonds is 6. The maximum absolute atomic E-state index is 12.2. The summed E-state index contributed by atoms with van der Waals surface area (Å²) in [5.41, 5.74) is 0.783. The van der Waals surface area contributed by atoms with Crippen molar-refractivity contribution in [2.24, 2.45) is 24.8 Å². The zero-order valence-corrected chi connectivity index (χ0v) is 14.2. The first-order valence-corrected chi connectivity index (χ1v) is 9.36. The van der Waals surface area contributed by atoms with Gasteiger partial charge in [-0.25, -0.2) is 0 Å². The highest BCUT2D eigenvalue weighted by molar-refractivity contribution is 5.94. The fourth-order valence-corrected chi connectivity index (χ4v) is 4.79. The Balaban J connectivity index is 1.16. The molecule has 2 aliphatic carbocycles. The van der Waals surface area contributed by atoms with E-state index in [4.69, 9.17) is 0 Å². The van der Waals surface area contributed by atoms with E-state index in [-0.39, 0.29) is 5.91 Å². The van der Waals surface area contributed by atoms with Gasteiger partial charge in [-0.2, -0.15) is 0 Å². The SMILES string of the molecule is Cn1ccc(C(=O)NC2[C@H]3CN(CCCC4CCCC4)C[C@@H]23)c1. The topological polar surface area (TPSA) is 37.3 Å². The van der Waals surface area contributed by atoms with Gasteiger partial charge in [0, 0.05) is 38.6 Å². The second-order valence-electron chi connectivity index (χ2n) is 7.94. The minimum Gasteiger partial charge on any atom is -0.356 e. The lowest BCUT2D eigenvalue weighted by molar-refractivity contribution is 0.0943. The van der Waals surface area contributed by atoms with Crippen LogP contribution in [0.1, 0.15) is 48.9 Å². The lowest BCUT2D eigenvalue weighted by atomic mass is 10.0. The van der Waals surface area contributed by atoms with Gasteiger partial charge in [0.1, 0.15) is 0 Å². The van der Waals surface area contributed by atoms with Gasteiger partial charge < -0.3 is 14.8 Å². The van der Waals surface area contributed by atoms with Crippen molar-refractivity contribution in [3.8, 4) is 0 Å². The number of carbonyl (C=O) groups is 1. The van der Waals surface area contributed by atoms with E-state index in [0.717, 1.165) is 11.5 Å². The first-order chi connectivity index (χ1) is 11.2. The van der Waals surface area contributed by atoms with Crippen molar-refractivity contribution in [1.29, 1.82) is 0 Å². The molecule has 2 heterocycles. The molecule has 3 fully saturated rings. The van der Waals surface area contributed by atoms with Gasteiger partial charge in [0.05, 0.1) is 5.56 Å². The van der Waals surface area contributed by atoms with E-state index < -0.39 is 0 Å². The molecular weight excluding hydrogens is 286 g/mol. The van der Waals surface area contributed by atoms with E-state index in [1.807, 2.05) is 30.1 Å². The summed E-state index contributed by atoms with van der Waals surface area (Å²) < 4.78 is 1.93. The molecule has 0 radical (unpaired) electrons. The number of nitrogens with one attached hydrogen (secondary N) is 1. The highest BCUT2D eigenvalue weighted by Crippen LogP contribution is 2.45. The summed E-state index contributed by atoms with van der Waals surface area (Å²) in [4.78, 5) is 14.8. The summed E-state index contributed by atoms with van der Waals surface area (Å²) in [5.74, 6) is 2.52. The predicted octanol–water partition coefficient (Wildman–Crippen LogP) is 2.66. The second kappa shape index (κ2) is 6.31. The van der Waals surface area contributed by atoms with Crippen molar-refractivity contribution in [2.75, 3.05) is 19.6 Å². The van der Waals surface area contributed by atoms with Crippen LogP contribution in [-0.4, -0.2) is 41.1 Å². The van der Waals surface area contributed by atoms with Crippen LogP contribution in [0.2, 0.25) is 0 Å². The highest BCUT2D eigenvalue weighted by atomic mass is 16.1. The van der Waals surface area contributed by atoms with Gasteiger partial charge >= 0.3 is 0 Å². The zero-order valence-electron chi connectivity index (χ0n) is 14.2. The highest BCUT2D eigenvalue weighted by Gasteiger charge is 2.56. The van der Waals surface area contributed by atoms with Gasteiger partial charge in [-0.1, -0.05) is 25.7 Å². The number of aromatic nitrogens is 1. The molecule has 3 atom stereocenters. The molecule has 23 heavy (non-hydrogen) atoms. The molecule has 1 saturated heterocycles. The van der Waals surface area contributed by atoms with Crippen molar-refractivity contribution >= 4 is 5.91 Å². The van der Waals surface area contributed by atoms with Crippen LogP contribution in [0.3, 0.4) is 0 Å². The molecule has 1 aromatic heterocycles. The molecule has 126 valence electrons. The monoisotopic (exact) mass is 315 g/mol. The van der Waals surface area contributed by atoms with Gasteiger partial charge in [0.15, 0.2) is 0 Å². The molecular formula is C19H29N3O. The van der Waals surface area contributed by atoms with Crippen LogP contribution in [0.4, 0.5) is 0 Å². The molecule has 1 N–H and O–H groups in total. The Hall–Kier alpha value is -1.29. The average Bonchev–Trinajstić information content (AvgIpc) is 3.05. The summed E-state index contributed by atoms with van der Waals surface area (Å²) in [6, 6.07) is 2.32. The van der Waals surface area contributed by atoms with Gasteiger partial charge in [-0.05, 0) is 43.2 Å². The minimum absolute atomic E-state index is 0.0952. The maximum Gasteiger partial charge on any atom is 0.253 e. The Morgan fingerprint density at radius 3 is 2.65 bits per heavy atom. The molecule has 4 nitrogen and oxygen atoms in total.